The van der Waals surface area contributed by atoms with E-state index in [-0.39, 0.29) is 0 Å². The van der Waals surface area contributed by atoms with Gasteiger partial charge in [0.05, 0.1) is 17.3 Å². The fourth-order valence-electron chi connectivity index (χ4n) is 2.51. The summed E-state index contributed by atoms with van der Waals surface area (Å²) in [6.07, 6.45) is 3.73. The van der Waals surface area contributed by atoms with E-state index in [1.165, 1.54) is 12.8 Å². The van der Waals surface area contributed by atoms with E-state index in [4.69, 9.17) is 4.74 Å². The van der Waals surface area contributed by atoms with Crippen molar-refractivity contribution in [3.8, 4) is 5.75 Å². The normalized spacial score (nSPS) is 20.3. The Morgan fingerprint density at radius 2 is 2.21 bits per heavy atom. The molecule has 1 aromatic rings. The summed E-state index contributed by atoms with van der Waals surface area (Å²) in [6, 6.07) is 5.12. The van der Waals surface area contributed by atoms with Crippen LogP contribution in [0.1, 0.15) is 26.2 Å². The number of methoxy groups -OCH3 is 1. The quantitative estimate of drug-likeness (QED) is 0.790. The first-order valence-corrected chi connectivity index (χ1v) is 8.21. The summed E-state index contributed by atoms with van der Waals surface area (Å²) in [4.78, 5) is 0. The molecule has 0 aliphatic carbocycles. The lowest BCUT2D eigenvalue weighted by Gasteiger charge is -2.21. The number of hydrogen-bond donors (Lipinski definition) is 2. The van der Waals surface area contributed by atoms with Crippen LogP contribution >= 0.6 is 31.9 Å². The second-order valence-corrected chi connectivity index (χ2v) is 6.75. The van der Waals surface area contributed by atoms with Gasteiger partial charge in [0.15, 0.2) is 0 Å². The summed E-state index contributed by atoms with van der Waals surface area (Å²) < 4.78 is 7.34. The van der Waals surface area contributed by atoms with Crippen LogP contribution in [0.2, 0.25) is 0 Å². The van der Waals surface area contributed by atoms with Crippen LogP contribution in [-0.2, 0) is 0 Å². The molecule has 3 nitrogen and oxygen atoms in total. The molecule has 0 bridgehead atoms. The van der Waals surface area contributed by atoms with E-state index in [0.29, 0.717) is 12.1 Å². The topological polar surface area (TPSA) is 33.3 Å². The summed E-state index contributed by atoms with van der Waals surface area (Å²) in [7, 11) is 1.68. The van der Waals surface area contributed by atoms with Gasteiger partial charge in [0.2, 0.25) is 0 Å². The molecule has 1 aromatic carbocycles. The van der Waals surface area contributed by atoms with E-state index in [2.05, 4.69) is 49.4 Å². The minimum Gasteiger partial charge on any atom is -0.495 e. The van der Waals surface area contributed by atoms with Crippen molar-refractivity contribution < 1.29 is 4.74 Å². The van der Waals surface area contributed by atoms with Crippen LogP contribution in [0.5, 0.6) is 5.75 Å². The number of halogens is 2. The Bertz CT molecular complexity index is 434. The van der Waals surface area contributed by atoms with E-state index in [0.717, 1.165) is 33.3 Å². The molecule has 5 heteroatoms. The Morgan fingerprint density at radius 3 is 2.84 bits per heavy atom. The van der Waals surface area contributed by atoms with Crippen molar-refractivity contribution in [2.45, 2.75) is 38.3 Å². The Hall–Kier alpha value is -0.260. The van der Waals surface area contributed by atoms with Crippen molar-refractivity contribution in [1.82, 2.24) is 5.32 Å². The summed E-state index contributed by atoms with van der Waals surface area (Å²) in [5.74, 6) is 0.844. The molecule has 0 saturated carbocycles. The molecular weight excluding hydrogens is 372 g/mol. The first-order chi connectivity index (χ1) is 9.10. The second kappa shape index (κ2) is 6.95. The number of anilines is 1. The highest BCUT2D eigenvalue weighted by atomic mass is 79.9. The molecule has 1 saturated heterocycles. The number of hydrogen-bond acceptors (Lipinski definition) is 3. The van der Waals surface area contributed by atoms with Crippen molar-refractivity contribution in [3.05, 3.63) is 21.1 Å². The van der Waals surface area contributed by atoms with Crippen molar-refractivity contribution in [2.75, 3.05) is 19.0 Å². The third kappa shape index (κ3) is 4.10. The van der Waals surface area contributed by atoms with E-state index in [1.807, 2.05) is 12.1 Å². The lowest BCUT2D eigenvalue weighted by Crippen LogP contribution is -2.29. The summed E-state index contributed by atoms with van der Waals surface area (Å²) in [5.41, 5.74) is 1.07. The molecule has 2 atom stereocenters. The predicted molar refractivity (Wildman–Crippen MR) is 87.1 cm³/mol. The number of rotatable bonds is 5. The van der Waals surface area contributed by atoms with Gasteiger partial charge in [-0.1, -0.05) is 0 Å². The monoisotopic (exact) mass is 390 g/mol. The van der Waals surface area contributed by atoms with Crippen LogP contribution < -0.4 is 15.4 Å². The van der Waals surface area contributed by atoms with Crippen LogP contribution in [0.15, 0.2) is 21.1 Å². The molecule has 0 spiro atoms. The van der Waals surface area contributed by atoms with Crippen LogP contribution in [0.3, 0.4) is 0 Å². The third-order valence-corrected chi connectivity index (χ3v) is 4.72. The van der Waals surface area contributed by atoms with Gasteiger partial charge in [-0.2, -0.15) is 0 Å². The van der Waals surface area contributed by atoms with Crippen molar-refractivity contribution >= 4 is 37.5 Å². The van der Waals surface area contributed by atoms with Gasteiger partial charge in [-0.15, -0.1) is 0 Å². The van der Waals surface area contributed by atoms with E-state index in [9.17, 15) is 0 Å². The standard InChI is InChI=1S/C14H20Br2N2O/c1-9(6-10-4-3-5-17-10)18-13-8-14(19-2)12(16)7-11(13)15/h7-10,17-18H,3-6H2,1-2H3. The first kappa shape index (κ1) is 15.1. The number of benzene rings is 1. The molecule has 1 heterocycles. The van der Waals surface area contributed by atoms with Crippen LogP contribution in [0.25, 0.3) is 0 Å². The maximum absolute atomic E-state index is 5.34. The molecule has 1 aliphatic rings. The van der Waals surface area contributed by atoms with Gasteiger partial charge in [0.1, 0.15) is 5.75 Å². The molecule has 106 valence electrons. The number of ether oxygens (including phenoxy) is 1. The average Bonchev–Trinajstić information content (AvgIpc) is 2.85. The fraction of sp³-hybridized carbons (Fsp3) is 0.571. The minimum atomic E-state index is 0.429. The Kier molecular flexibility index (Phi) is 5.54. The van der Waals surface area contributed by atoms with Crippen LogP contribution in [-0.4, -0.2) is 25.7 Å². The predicted octanol–water partition coefficient (Wildman–Crippen LogP) is 4.16. The molecular formula is C14H20Br2N2O. The highest BCUT2D eigenvalue weighted by Crippen LogP contribution is 2.35. The zero-order valence-electron chi connectivity index (χ0n) is 11.3. The van der Waals surface area contributed by atoms with Gasteiger partial charge >= 0.3 is 0 Å². The molecule has 0 aromatic heterocycles. The first-order valence-electron chi connectivity index (χ1n) is 6.63. The van der Waals surface area contributed by atoms with Gasteiger partial charge in [0, 0.05) is 22.6 Å². The van der Waals surface area contributed by atoms with Crippen molar-refractivity contribution in [3.63, 3.8) is 0 Å². The molecule has 1 fully saturated rings. The van der Waals surface area contributed by atoms with Gasteiger partial charge in [0.25, 0.3) is 0 Å². The summed E-state index contributed by atoms with van der Waals surface area (Å²) in [5, 5.41) is 7.09. The van der Waals surface area contributed by atoms with Crippen LogP contribution in [0.4, 0.5) is 5.69 Å². The summed E-state index contributed by atoms with van der Waals surface area (Å²) in [6.45, 7) is 3.38. The van der Waals surface area contributed by atoms with E-state index < -0.39 is 0 Å². The zero-order valence-corrected chi connectivity index (χ0v) is 14.5. The maximum atomic E-state index is 5.34. The van der Waals surface area contributed by atoms with Crippen molar-refractivity contribution in [2.24, 2.45) is 0 Å². The average molecular weight is 392 g/mol. The van der Waals surface area contributed by atoms with Gasteiger partial charge < -0.3 is 15.4 Å². The zero-order chi connectivity index (χ0) is 13.8. The Labute approximate surface area is 131 Å². The lowest BCUT2D eigenvalue weighted by molar-refractivity contribution is 0.412. The highest BCUT2D eigenvalue weighted by molar-refractivity contribution is 9.11. The molecule has 19 heavy (non-hydrogen) atoms. The Morgan fingerprint density at radius 1 is 1.42 bits per heavy atom. The number of nitrogens with one attached hydrogen (secondary N) is 2. The molecule has 2 N–H and O–H groups in total. The van der Waals surface area contributed by atoms with E-state index in [1.54, 1.807) is 7.11 Å². The largest absolute Gasteiger partial charge is 0.495 e. The fourth-order valence-corrected chi connectivity index (χ4v) is 3.78. The third-order valence-electron chi connectivity index (χ3n) is 3.44. The smallest absolute Gasteiger partial charge is 0.135 e. The Balaban J connectivity index is 2.01. The van der Waals surface area contributed by atoms with Crippen LogP contribution in [0, 0.1) is 0 Å². The highest BCUT2D eigenvalue weighted by Gasteiger charge is 2.17. The SMILES string of the molecule is COc1cc(NC(C)CC2CCCN2)c(Br)cc1Br. The van der Waals surface area contributed by atoms with Gasteiger partial charge in [-0.25, -0.2) is 0 Å². The minimum absolute atomic E-state index is 0.429. The van der Waals surface area contributed by atoms with Gasteiger partial charge in [-0.05, 0) is 70.7 Å². The summed E-state index contributed by atoms with van der Waals surface area (Å²) >= 11 is 7.07. The van der Waals surface area contributed by atoms with Crippen molar-refractivity contribution in [1.29, 1.82) is 0 Å². The van der Waals surface area contributed by atoms with E-state index >= 15 is 0 Å². The van der Waals surface area contributed by atoms with Gasteiger partial charge in [-0.3, -0.25) is 0 Å². The second-order valence-electron chi connectivity index (χ2n) is 5.04. The lowest BCUT2D eigenvalue weighted by atomic mass is 10.1. The molecule has 2 rings (SSSR count). The maximum Gasteiger partial charge on any atom is 0.135 e. The molecule has 2 unspecified atom stereocenters. The molecule has 1 aliphatic heterocycles. The molecule has 0 radical (unpaired) electrons. The molecule has 0 amide bonds.